The topological polar surface area (TPSA) is 63.2 Å². The van der Waals surface area contributed by atoms with Gasteiger partial charge in [-0.05, 0) is 48.7 Å². The van der Waals surface area contributed by atoms with Gasteiger partial charge in [0.05, 0.1) is 16.7 Å². The van der Waals surface area contributed by atoms with E-state index in [9.17, 15) is 13.2 Å². The second-order valence-electron chi connectivity index (χ2n) is 5.89. The molecular weight excluding hydrogens is 358 g/mol. The normalized spacial score (nSPS) is 12.6. The van der Waals surface area contributed by atoms with Crippen molar-refractivity contribution in [1.29, 1.82) is 0 Å². The average molecular weight is 380 g/mol. The van der Waals surface area contributed by atoms with Gasteiger partial charge in [0, 0.05) is 11.4 Å². The monoisotopic (exact) mass is 379 g/mol. The Labute approximate surface area is 154 Å². The molecule has 0 bridgehead atoms. The van der Waals surface area contributed by atoms with Crippen molar-refractivity contribution in [1.82, 2.24) is 5.32 Å². The summed E-state index contributed by atoms with van der Waals surface area (Å²) >= 11 is 5.97. The average Bonchev–Trinajstić information content (AvgIpc) is 2.60. The highest BCUT2D eigenvalue weighted by molar-refractivity contribution is 7.91. The summed E-state index contributed by atoms with van der Waals surface area (Å²) in [6.07, 6.45) is 0.894. The summed E-state index contributed by atoms with van der Waals surface area (Å²) in [6, 6.07) is 14.0. The van der Waals surface area contributed by atoms with E-state index in [1.165, 1.54) is 0 Å². The largest absolute Gasteiger partial charge is 0.350 e. The van der Waals surface area contributed by atoms with Gasteiger partial charge in [-0.25, -0.2) is 8.42 Å². The third kappa shape index (κ3) is 5.58. The number of carbonyl (C=O) groups is 1. The maximum atomic E-state index is 12.1. The lowest BCUT2D eigenvalue weighted by Crippen LogP contribution is -2.26. The molecule has 1 N–H and O–H groups in total. The van der Waals surface area contributed by atoms with Crippen molar-refractivity contribution < 1.29 is 13.2 Å². The first-order chi connectivity index (χ1) is 11.8. The quantitative estimate of drug-likeness (QED) is 0.792. The van der Waals surface area contributed by atoms with Crippen LogP contribution in [0.4, 0.5) is 0 Å². The van der Waals surface area contributed by atoms with Gasteiger partial charge in [-0.1, -0.05) is 42.8 Å². The number of aryl methyl sites for hydroxylation is 1. The first-order valence-electron chi connectivity index (χ1n) is 8.18. The zero-order chi connectivity index (χ0) is 18.4. The molecule has 134 valence electrons. The van der Waals surface area contributed by atoms with E-state index in [0.29, 0.717) is 22.8 Å². The zero-order valence-corrected chi connectivity index (χ0v) is 15.9. The van der Waals surface area contributed by atoms with Crippen molar-refractivity contribution in [2.45, 2.75) is 37.6 Å². The minimum atomic E-state index is -3.19. The van der Waals surface area contributed by atoms with Gasteiger partial charge < -0.3 is 5.32 Å². The standard InChI is InChI=1S/C19H22ClNO3S/c1-3-25(23,24)18-10-7-15(8-11-18)9-12-19(22)21-14(2)16-5-4-6-17(20)13-16/h4-8,10-11,13-14H,3,9,12H2,1-2H3,(H,21,22)/t14-/m1/s1. The van der Waals surface area contributed by atoms with Gasteiger partial charge in [0.15, 0.2) is 9.84 Å². The molecule has 2 rings (SSSR count). The van der Waals surface area contributed by atoms with Crippen LogP contribution in [-0.4, -0.2) is 20.1 Å². The molecule has 0 unspecified atom stereocenters. The second-order valence-corrected chi connectivity index (χ2v) is 8.61. The number of nitrogens with one attached hydrogen (secondary N) is 1. The lowest BCUT2D eigenvalue weighted by molar-refractivity contribution is -0.121. The molecule has 0 aliphatic rings. The SMILES string of the molecule is CCS(=O)(=O)c1ccc(CCC(=O)N[C@H](C)c2cccc(Cl)c2)cc1. The minimum absolute atomic E-state index is 0.0577. The van der Waals surface area contributed by atoms with E-state index in [1.54, 1.807) is 37.3 Å². The maximum Gasteiger partial charge on any atom is 0.220 e. The molecule has 0 aliphatic carbocycles. The van der Waals surface area contributed by atoms with Crippen molar-refractivity contribution in [3.05, 3.63) is 64.7 Å². The van der Waals surface area contributed by atoms with Gasteiger partial charge >= 0.3 is 0 Å². The predicted octanol–water partition coefficient (Wildman–Crippen LogP) is 3.94. The lowest BCUT2D eigenvalue weighted by Gasteiger charge is -2.14. The molecule has 1 atom stereocenters. The summed E-state index contributed by atoms with van der Waals surface area (Å²) in [6.45, 7) is 3.53. The van der Waals surface area contributed by atoms with Crippen molar-refractivity contribution in [3.63, 3.8) is 0 Å². The van der Waals surface area contributed by atoms with Crippen molar-refractivity contribution in [3.8, 4) is 0 Å². The molecule has 1 amide bonds. The van der Waals surface area contributed by atoms with Crippen molar-refractivity contribution >= 4 is 27.3 Å². The van der Waals surface area contributed by atoms with Crippen LogP contribution in [0.3, 0.4) is 0 Å². The fourth-order valence-electron chi connectivity index (χ4n) is 2.46. The fourth-order valence-corrected chi connectivity index (χ4v) is 3.54. The summed E-state index contributed by atoms with van der Waals surface area (Å²) in [5.74, 6) is 0.0219. The molecule has 0 fully saturated rings. The molecule has 0 spiro atoms. The Bertz CT molecular complexity index is 832. The van der Waals surface area contributed by atoms with Gasteiger partial charge in [0.2, 0.25) is 5.91 Å². The number of sulfone groups is 1. The fraction of sp³-hybridized carbons (Fsp3) is 0.316. The van der Waals surface area contributed by atoms with E-state index in [4.69, 9.17) is 11.6 Å². The third-order valence-corrected chi connectivity index (χ3v) is 6.01. The molecule has 2 aromatic rings. The first kappa shape index (κ1) is 19.5. The van der Waals surface area contributed by atoms with Crippen LogP contribution in [-0.2, 0) is 21.1 Å². The van der Waals surface area contributed by atoms with Gasteiger partial charge in [0.25, 0.3) is 0 Å². The summed E-state index contributed by atoms with van der Waals surface area (Å²) in [7, 11) is -3.19. The van der Waals surface area contributed by atoms with Crippen LogP contribution in [0.25, 0.3) is 0 Å². The summed E-state index contributed by atoms with van der Waals surface area (Å²) in [5.41, 5.74) is 1.88. The maximum absolute atomic E-state index is 12.1. The Hall–Kier alpha value is -1.85. The molecule has 0 radical (unpaired) electrons. The summed E-state index contributed by atoms with van der Waals surface area (Å²) in [4.78, 5) is 12.4. The highest BCUT2D eigenvalue weighted by Crippen LogP contribution is 2.18. The highest BCUT2D eigenvalue weighted by Gasteiger charge is 2.12. The number of hydrogen-bond acceptors (Lipinski definition) is 3. The van der Waals surface area contributed by atoms with Crippen molar-refractivity contribution in [2.24, 2.45) is 0 Å². The predicted molar refractivity (Wildman–Crippen MR) is 100 cm³/mol. The molecule has 0 saturated heterocycles. The van der Waals surface area contributed by atoms with Gasteiger partial charge in [-0.3, -0.25) is 4.79 Å². The molecular formula is C19H22ClNO3S. The molecule has 2 aromatic carbocycles. The molecule has 0 aliphatic heterocycles. The first-order valence-corrected chi connectivity index (χ1v) is 10.2. The van der Waals surface area contributed by atoms with E-state index in [-0.39, 0.29) is 17.7 Å². The smallest absolute Gasteiger partial charge is 0.220 e. The summed E-state index contributed by atoms with van der Waals surface area (Å²) in [5, 5.41) is 3.58. The number of amides is 1. The molecule has 4 nitrogen and oxygen atoms in total. The van der Waals surface area contributed by atoms with Crippen molar-refractivity contribution in [2.75, 3.05) is 5.75 Å². The Balaban J connectivity index is 1.89. The van der Waals surface area contributed by atoms with Crippen LogP contribution in [0.15, 0.2) is 53.4 Å². The Morgan fingerprint density at radius 3 is 2.44 bits per heavy atom. The van der Waals surface area contributed by atoms with E-state index >= 15 is 0 Å². The van der Waals surface area contributed by atoms with E-state index < -0.39 is 9.84 Å². The van der Waals surface area contributed by atoms with Gasteiger partial charge in [0.1, 0.15) is 0 Å². The molecule has 0 saturated carbocycles. The number of carbonyl (C=O) groups excluding carboxylic acids is 1. The molecule has 0 aromatic heterocycles. The number of rotatable bonds is 7. The van der Waals surface area contributed by atoms with Crippen LogP contribution in [0.5, 0.6) is 0 Å². The Morgan fingerprint density at radius 2 is 1.84 bits per heavy atom. The Kier molecular flexibility index (Phi) is 6.62. The van der Waals surface area contributed by atoms with Gasteiger partial charge in [-0.2, -0.15) is 0 Å². The molecule has 6 heteroatoms. The number of benzene rings is 2. The minimum Gasteiger partial charge on any atom is -0.350 e. The van der Waals surface area contributed by atoms with Crippen LogP contribution >= 0.6 is 11.6 Å². The van der Waals surface area contributed by atoms with Crippen LogP contribution in [0.2, 0.25) is 5.02 Å². The highest BCUT2D eigenvalue weighted by atomic mass is 35.5. The molecule has 25 heavy (non-hydrogen) atoms. The lowest BCUT2D eigenvalue weighted by atomic mass is 10.1. The van der Waals surface area contributed by atoms with E-state index in [0.717, 1.165) is 11.1 Å². The molecule has 0 heterocycles. The van der Waals surface area contributed by atoms with Gasteiger partial charge in [-0.15, -0.1) is 0 Å². The van der Waals surface area contributed by atoms with Crippen LogP contribution < -0.4 is 5.32 Å². The van der Waals surface area contributed by atoms with E-state index in [1.807, 2.05) is 25.1 Å². The van der Waals surface area contributed by atoms with Crippen LogP contribution in [0.1, 0.15) is 37.4 Å². The second kappa shape index (κ2) is 8.50. The third-order valence-electron chi connectivity index (χ3n) is 4.03. The summed E-state index contributed by atoms with van der Waals surface area (Å²) < 4.78 is 23.6. The Morgan fingerprint density at radius 1 is 1.16 bits per heavy atom. The number of halogens is 1. The van der Waals surface area contributed by atoms with E-state index in [2.05, 4.69) is 5.32 Å². The number of hydrogen-bond donors (Lipinski definition) is 1. The van der Waals surface area contributed by atoms with Crippen LogP contribution in [0, 0.1) is 0 Å². The zero-order valence-electron chi connectivity index (χ0n) is 14.3.